The number of hydrogen-bond donors (Lipinski definition) is 1. The third kappa shape index (κ3) is 3.41. The van der Waals surface area contributed by atoms with E-state index in [2.05, 4.69) is 15.2 Å². The molecule has 0 saturated heterocycles. The van der Waals surface area contributed by atoms with Gasteiger partial charge >= 0.3 is 5.56 Å². The van der Waals surface area contributed by atoms with Crippen molar-refractivity contribution in [3.63, 3.8) is 0 Å². The van der Waals surface area contributed by atoms with Gasteiger partial charge in [-0.3, -0.25) is 9.20 Å². The summed E-state index contributed by atoms with van der Waals surface area (Å²) in [6.45, 7) is 1.86. The lowest BCUT2D eigenvalue weighted by molar-refractivity contribution is 0.464. The summed E-state index contributed by atoms with van der Waals surface area (Å²) in [5.41, 5.74) is 1.83. The molecule has 3 aromatic heterocycles. The van der Waals surface area contributed by atoms with Crippen LogP contribution in [0.3, 0.4) is 0 Å². The van der Waals surface area contributed by atoms with E-state index in [4.69, 9.17) is 23.2 Å². The quantitative estimate of drug-likeness (QED) is 0.540. The summed E-state index contributed by atoms with van der Waals surface area (Å²) in [5.74, 6) is -0.449. The monoisotopic (exact) mass is 418 g/mol. The molecule has 0 spiro atoms. The molecule has 0 amide bonds. The highest BCUT2D eigenvalue weighted by Gasteiger charge is 2.18. The molecule has 0 aliphatic carbocycles. The topological polar surface area (TPSA) is 80.4 Å². The second kappa shape index (κ2) is 6.92. The fraction of sp³-hybridized carbons (Fsp3) is 0.111. The molecule has 4 rings (SSSR count). The number of pyridine rings is 1. The number of aromatic nitrogens is 4. The number of fused-ring (bicyclic) bond motifs is 1. The maximum absolute atomic E-state index is 12.4. The third-order valence-electron chi connectivity index (χ3n) is 3.96. The zero-order valence-electron chi connectivity index (χ0n) is 14.0. The number of rotatable bonds is 3. The summed E-state index contributed by atoms with van der Waals surface area (Å²) in [6.07, 6.45) is 2.13. The Labute approximate surface area is 167 Å². The van der Waals surface area contributed by atoms with Gasteiger partial charge in [-0.25, -0.2) is 4.98 Å². The predicted molar refractivity (Wildman–Crippen MR) is 106 cm³/mol. The van der Waals surface area contributed by atoms with Gasteiger partial charge in [0.2, 0.25) is 5.75 Å². The zero-order chi connectivity index (χ0) is 19.1. The van der Waals surface area contributed by atoms with E-state index in [0.717, 1.165) is 11.1 Å². The molecule has 4 aromatic rings. The van der Waals surface area contributed by atoms with Gasteiger partial charge in [-0.05, 0) is 36.2 Å². The van der Waals surface area contributed by atoms with Crippen molar-refractivity contribution in [3.8, 4) is 16.5 Å². The molecular weight excluding hydrogens is 407 g/mol. The molecule has 27 heavy (non-hydrogen) atoms. The smallest absolute Gasteiger partial charge is 0.300 e. The van der Waals surface area contributed by atoms with Crippen molar-refractivity contribution in [2.24, 2.45) is 0 Å². The molecule has 0 aliphatic rings. The Morgan fingerprint density at radius 2 is 1.96 bits per heavy atom. The first kappa shape index (κ1) is 17.9. The Bertz CT molecular complexity index is 1240. The van der Waals surface area contributed by atoms with Crippen molar-refractivity contribution in [2.45, 2.75) is 13.3 Å². The molecule has 1 aromatic carbocycles. The fourth-order valence-corrected chi connectivity index (χ4v) is 3.81. The fourth-order valence-electron chi connectivity index (χ4n) is 2.63. The van der Waals surface area contributed by atoms with Crippen molar-refractivity contribution >= 4 is 40.2 Å². The molecule has 0 radical (unpaired) electrons. The molecule has 0 fully saturated rings. The molecule has 0 aliphatic heterocycles. The van der Waals surface area contributed by atoms with Crippen LogP contribution < -0.4 is 5.56 Å². The van der Waals surface area contributed by atoms with Gasteiger partial charge in [-0.15, -0.1) is 10.2 Å². The van der Waals surface area contributed by atoms with Crippen LogP contribution in [-0.2, 0) is 6.42 Å². The van der Waals surface area contributed by atoms with Crippen LogP contribution >= 0.6 is 34.5 Å². The van der Waals surface area contributed by atoms with Crippen molar-refractivity contribution in [1.29, 1.82) is 0 Å². The molecule has 9 heteroatoms. The summed E-state index contributed by atoms with van der Waals surface area (Å²) in [7, 11) is 0. The molecule has 1 N–H and O–H groups in total. The maximum atomic E-state index is 12.4. The predicted octanol–water partition coefficient (Wildman–Crippen LogP) is 4.12. The van der Waals surface area contributed by atoms with Crippen LogP contribution in [0.25, 0.3) is 16.3 Å². The summed E-state index contributed by atoms with van der Waals surface area (Å²) in [6, 6.07) is 8.91. The number of benzene rings is 1. The number of aryl methyl sites for hydroxylation is 1. The number of aromatic hydroxyl groups is 1. The van der Waals surface area contributed by atoms with Crippen LogP contribution in [0.1, 0.15) is 16.1 Å². The highest BCUT2D eigenvalue weighted by atomic mass is 35.5. The third-order valence-corrected chi connectivity index (χ3v) is 5.62. The van der Waals surface area contributed by atoms with Gasteiger partial charge in [0.1, 0.15) is 10.7 Å². The molecule has 0 saturated carbocycles. The van der Waals surface area contributed by atoms with E-state index < -0.39 is 11.3 Å². The van der Waals surface area contributed by atoms with Crippen LogP contribution in [0.15, 0.2) is 41.3 Å². The lowest BCUT2D eigenvalue weighted by atomic mass is 10.2. The van der Waals surface area contributed by atoms with Gasteiger partial charge in [-0.1, -0.05) is 46.7 Å². The van der Waals surface area contributed by atoms with Crippen LogP contribution in [0.5, 0.6) is 5.75 Å². The van der Waals surface area contributed by atoms with E-state index in [-0.39, 0.29) is 5.69 Å². The second-order valence-corrected chi connectivity index (χ2v) is 7.85. The van der Waals surface area contributed by atoms with Crippen molar-refractivity contribution < 1.29 is 5.11 Å². The Hall–Kier alpha value is -2.48. The zero-order valence-corrected chi connectivity index (χ0v) is 16.3. The molecule has 136 valence electrons. The van der Waals surface area contributed by atoms with E-state index in [1.165, 1.54) is 15.7 Å². The van der Waals surface area contributed by atoms with E-state index in [1.54, 1.807) is 24.4 Å². The maximum Gasteiger partial charge on any atom is 0.300 e. The van der Waals surface area contributed by atoms with Crippen molar-refractivity contribution in [2.75, 3.05) is 0 Å². The average Bonchev–Trinajstić information content (AvgIpc) is 3.10. The Morgan fingerprint density at radius 1 is 1.15 bits per heavy atom. The van der Waals surface area contributed by atoms with Crippen molar-refractivity contribution in [3.05, 3.63) is 73.1 Å². The lowest BCUT2D eigenvalue weighted by Gasteiger charge is -2.05. The van der Waals surface area contributed by atoms with Crippen LogP contribution in [-0.4, -0.2) is 24.7 Å². The summed E-state index contributed by atoms with van der Waals surface area (Å²) < 4.78 is 1.31. The second-order valence-electron chi connectivity index (χ2n) is 5.98. The Balaban J connectivity index is 1.72. The lowest BCUT2D eigenvalue weighted by Crippen LogP contribution is -2.15. The standard InChI is InChI=1S/C18H12Cl2N4O2S/c1-9-2-5-13-21-15(16(25)18(26)24(13)8-9)17-23-22-14(27-17)7-10-3-4-11(19)12(20)6-10/h2-6,8,25H,7H2,1H3. The highest BCUT2D eigenvalue weighted by Crippen LogP contribution is 2.29. The molecule has 0 bridgehead atoms. The van der Waals surface area contributed by atoms with E-state index in [9.17, 15) is 9.90 Å². The number of halogens is 2. The minimum Gasteiger partial charge on any atom is -0.501 e. The van der Waals surface area contributed by atoms with Crippen LogP contribution in [0.2, 0.25) is 10.0 Å². The minimum atomic E-state index is -0.542. The summed E-state index contributed by atoms with van der Waals surface area (Å²) in [5, 5.41) is 20.6. The highest BCUT2D eigenvalue weighted by molar-refractivity contribution is 7.14. The minimum absolute atomic E-state index is 0.127. The Kier molecular flexibility index (Phi) is 4.59. The molecule has 6 nitrogen and oxygen atoms in total. The van der Waals surface area contributed by atoms with Crippen LogP contribution in [0, 0.1) is 6.92 Å². The first-order valence-electron chi connectivity index (χ1n) is 7.91. The van der Waals surface area contributed by atoms with Crippen molar-refractivity contribution in [1.82, 2.24) is 19.6 Å². The SMILES string of the molecule is Cc1ccc2nc(-c3nnc(Cc4ccc(Cl)c(Cl)c4)s3)c(O)c(=O)n2c1. The van der Waals surface area contributed by atoms with Gasteiger partial charge in [-0.2, -0.15) is 0 Å². The van der Waals surface area contributed by atoms with Gasteiger partial charge in [0.05, 0.1) is 10.0 Å². The van der Waals surface area contributed by atoms with Gasteiger partial charge in [0.15, 0.2) is 10.7 Å². The number of nitrogens with zero attached hydrogens (tertiary/aromatic N) is 4. The molecular formula is C18H12Cl2N4O2S. The van der Waals surface area contributed by atoms with E-state index >= 15 is 0 Å². The normalized spacial score (nSPS) is 11.2. The van der Waals surface area contributed by atoms with Gasteiger partial charge < -0.3 is 5.11 Å². The summed E-state index contributed by atoms with van der Waals surface area (Å²) in [4.78, 5) is 16.8. The first-order valence-corrected chi connectivity index (χ1v) is 9.48. The molecule has 3 heterocycles. The first-order chi connectivity index (χ1) is 12.9. The molecule has 0 atom stereocenters. The Morgan fingerprint density at radius 3 is 2.74 bits per heavy atom. The van der Waals surface area contributed by atoms with Crippen LogP contribution in [0.4, 0.5) is 0 Å². The largest absolute Gasteiger partial charge is 0.501 e. The average molecular weight is 419 g/mol. The van der Waals surface area contributed by atoms with E-state index in [1.807, 2.05) is 19.1 Å². The number of hydrogen-bond acceptors (Lipinski definition) is 6. The molecule has 0 unspecified atom stereocenters. The summed E-state index contributed by atoms with van der Waals surface area (Å²) >= 11 is 13.2. The van der Waals surface area contributed by atoms with Gasteiger partial charge in [0.25, 0.3) is 0 Å². The van der Waals surface area contributed by atoms with E-state index in [0.29, 0.717) is 32.1 Å². The van der Waals surface area contributed by atoms with Gasteiger partial charge in [0, 0.05) is 12.6 Å².